The number of nitrogens with one attached hydrogen (secondary N) is 1. The molecule has 0 atom stereocenters. The van der Waals surface area contributed by atoms with Crippen LogP contribution in [-0.2, 0) is 7.05 Å². The molecule has 0 aliphatic heterocycles. The first-order valence-electron chi connectivity index (χ1n) is 3.79. The van der Waals surface area contributed by atoms with E-state index < -0.39 is 0 Å². The van der Waals surface area contributed by atoms with Crippen LogP contribution in [0.4, 0.5) is 0 Å². The van der Waals surface area contributed by atoms with Crippen molar-refractivity contribution in [1.29, 1.82) is 0 Å². The van der Waals surface area contributed by atoms with Gasteiger partial charge in [0.2, 0.25) is 0 Å². The van der Waals surface area contributed by atoms with E-state index in [4.69, 9.17) is 0 Å². The molecule has 0 saturated carbocycles. The van der Waals surface area contributed by atoms with Crippen LogP contribution in [0.15, 0.2) is 29.6 Å². The van der Waals surface area contributed by atoms with Crippen LogP contribution in [0.2, 0.25) is 0 Å². The Morgan fingerprint density at radius 1 is 1.38 bits per heavy atom. The van der Waals surface area contributed by atoms with E-state index in [1.54, 1.807) is 17.1 Å². The van der Waals surface area contributed by atoms with Crippen LogP contribution in [0.3, 0.4) is 0 Å². The van der Waals surface area contributed by atoms with Gasteiger partial charge in [-0.25, -0.2) is 0 Å². The molecule has 0 aliphatic carbocycles. The smallest absolute Gasteiger partial charge is 0.266 e. The number of aromatic nitrogens is 4. The minimum absolute atomic E-state index is 0.207. The van der Waals surface area contributed by atoms with Crippen molar-refractivity contribution in [3.8, 4) is 11.3 Å². The lowest BCUT2D eigenvalue weighted by Gasteiger charge is -1.93. The van der Waals surface area contributed by atoms with Gasteiger partial charge in [-0.15, -0.1) is 0 Å². The number of nitrogens with zero attached hydrogens (tertiary/aromatic N) is 3. The van der Waals surface area contributed by atoms with E-state index >= 15 is 0 Å². The SMILES string of the molecule is Cn1cc(-c2cncc(=O)[nH]2)cn1. The van der Waals surface area contributed by atoms with Gasteiger partial charge in [0, 0.05) is 18.8 Å². The third-order valence-electron chi connectivity index (χ3n) is 1.67. The Kier molecular flexibility index (Phi) is 1.70. The lowest BCUT2D eigenvalue weighted by Crippen LogP contribution is -2.05. The quantitative estimate of drug-likeness (QED) is 0.673. The first kappa shape index (κ1) is 7.72. The van der Waals surface area contributed by atoms with Gasteiger partial charge in [0.1, 0.15) is 0 Å². The molecule has 0 aliphatic rings. The number of aryl methyl sites for hydroxylation is 1. The zero-order chi connectivity index (χ0) is 9.26. The number of rotatable bonds is 1. The predicted molar refractivity (Wildman–Crippen MR) is 47.1 cm³/mol. The summed E-state index contributed by atoms with van der Waals surface area (Å²) in [5.41, 5.74) is 1.33. The van der Waals surface area contributed by atoms with Crippen molar-refractivity contribution < 1.29 is 0 Å². The molecular weight excluding hydrogens is 168 g/mol. The molecule has 0 radical (unpaired) electrons. The summed E-state index contributed by atoms with van der Waals surface area (Å²) in [4.78, 5) is 17.4. The Labute approximate surface area is 74.1 Å². The minimum Gasteiger partial charge on any atom is -0.319 e. The normalized spacial score (nSPS) is 10.2. The van der Waals surface area contributed by atoms with E-state index in [0.717, 1.165) is 5.56 Å². The third-order valence-corrected chi connectivity index (χ3v) is 1.67. The molecule has 5 heteroatoms. The van der Waals surface area contributed by atoms with E-state index in [9.17, 15) is 4.79 Å². The molecule has 2 aromatic heterocycles. The van der Waals surface area contributed by atoms with Crippen LogP contribution >= 0.6 is 0 Å². The molecule has 2 heterocycles. The summed E-state index contributed by atoms with van der Waals surface area (Å²) in [5, 5.41) is 3.99. The average Bonchev–Trinajstić information content (AvgIpc) is 2.52. The molecule has 0 saturated heterocycles. The maximum atomic E-state index is 10.9. The molecule has 0 unspecified atom stereocenters. The largest absolute Gasteiger partial charge is 0.319 e. The Bertz CT molecular complexity index is 471. The second-order valence-corrected chi connectivity index (χ2v) is 2.71. The highest BCUT2D eigenvalue weighted by atomic mass is 16.1. The standard InChI is InChI=1S/C8H8N4O/c1-12-5-6(2-10-12)7-3-9-4-8(13)11-7/h2-5H,1H3,(H,11,13). The van der Waals surface area contributed by atoms with Crippen molar-refractivity contribution >= 4 is 0 Å². The van der Waals surface area contributed by atoms with E-state index in [1.165, 1.54) is 6.20 Å². The van der Waals surface area contributed by atoms with E-state index in [-0.39, 0.29) is 5.56 Å². The van der Waals surface area contributed by atoms with Gasteiger partial charge in [-0.1, -0.05) is 0 Å². The number of H-pyrrole nitrogens is 1. The van der Waals surface area contributed by atoms with Gasteiger partial charge in [0.25, 0.3) is 5.56 Å². The number of hydrogen-bond acceptors (Lipinski definition) is 3. The summed E-state index contributed by atoms with van der Waals surface area (Å²) >= 11 is 0. The monoisotopic (exact) mass is 176 g/mol. The topological polar surface area (TPSA) is 63.6 Å². The zero-order valence-electron chi connectivity index (χ0n) is 7.06. The summed E-state index contributed by atoms with van der Waals surface area (Å²) in [6.45, 7) is 0. The van der Waals surface area contributed by atoms with E-state index in [0.29, 0.717) is 5.69 Å². The summed E-state index contributed by atoms with van der Waals surface area (Å²) in [7, 11) is 1.82. The van der Waals surface area contributed by atoms with Gasteiger partial charge in [-0.2, -0.15) is 5.10 Å². The summed E-state index contributed by atoms with van der Waals surface area (Å²) in [5.74, 6) is 0. The van der Waals surface area contributed by atoms with Crippen molar-refractivity contribution in [3.63, 3.8) is 0 Å². The molecule has 2 aromatic rings. The fourth-order valence-corrected chi connectivity index (χ4v) is 1.08. The highest BCUT2D eigenvalue weighted by Gasteiger charge is 2.00. The Morgan fingerprint density at radius 2 is 2.23 bits per heavy atom. The van der Waals surface area contributed by atoms with Gasteiger partial charge in [0.05, 0.1) is 24.3 Å². The fourth-order valence-electron chi connectivity index (χ4n) is 1.08. The number of aromatic amines is 1. The van der Waals surface area contributed by atoms with E-state index in [1.807, 2.05) is 13.2 Å². The van der Waals surface area contributed by atoms with Crippen molar-refractivity contribution in [1.82, 2.24) is 19.7 Å². The first-order chi connectivity index (χ1) is 6.25. The second kappa shape index (κ2) is 2.85. The fraction of sp³-hybridized carbons (Fsp3) is 0.125. The summed E-state index contributed by atoms with van der Waals surface area (Å²) in [6, 6.07) is 0. The Morgan fingerprint density at radius 3 is 2.85 bits per heavy atom. The van der Waals surface area contributed by atoms with Crippen molar-refractivity contribution in [2.75, 3.05) is 0 Å². The van der Waals surface area contributed by atoms with Gasteiger partial charge in [-0.05, 0) is 0 Å². The van der Waals surface area contributed by atoms with Crippen molar-refractivity contribution in [2.45, 2.75) is 0 Å². The van der Waals surface area contributed by atoms with Crippen molar-refractivity contribution in [3.05, 3.63) is 35.1 Å². The van der Waals surface area contributed by atoms with Gasteiger partial charge in [-0.3, -0.25) is 14.5 Å². The van der Waals surface area contributed by atoms with Crippen LogP contribution in [0.25, 0.3) is 11.3 Å². The summed E-state index contributed by atoms with van der Waals surface area (Å²) in [6.07, 6.45) is 6.32. The highest BCUT2D eigenvalue weighted by Crippen LogP contribution is 2.11. The summed E-state index contributed by atoms with van der Waals surface area (Å²) < 4.78 is 1.67. The van der Waals surface area contributed by atoms with Crippen LogP contribution in [-0.4, -0.2) is 19.7 Å². The van der Waals surface area contributed by atoms with Crippen LogP contribution in [0, 0.1) is 0 Å². The molecule has 0 aromatic carbocycles. The molecular formula is C8H8N4O. The van der Waals surface area contributed by atoms with Gasteiger partial charge >= 0.3 is 0 Å². The molecule has 0 bridgehead atoms. The van der Waals surface area contributed by atoms with E-state index in [2.05, 4.69) is 15.1 Å². The van der Waals surface area contributed by atoms with Crippen LogP contribution < -0.4 is 5.56 Å². The number of hydrogen-bond donors (Lipinski definition) is 1. The molecule has 13 heavy (non-hydrogen) atoms. The van der Waals surface area contributed by atoms with Gasteiger partial charge in [0.15, 0.2) is 0 Å². The second-order valence-electron chi connectivity index (χ2n) is 2.71. The van der Waals surface area contributed by atoms with Crippen molar-refractivity contribution in [2.24, 2.45) is 7.05 Å². The highest BCUT2D eigenvalue weighted by molar-refractivity contribution is 5.54. The molecule has 5 nitrogen and oxygen atoms in total. The maximum Gasteiger partial charge on any atom is 0.266 e. The zero-order valence-corrected chi connectivity index (χ0v) is 7.06. The Balaban J connectivity index is 2.52. The lowest BCUT2D eigenvalue weighted by molar-refractivity contribution is 0.768. The molecule has 66 valence electrons. The molecule has 0 fully saturated rings. The predicted octanol–water partition coefficient (Wildman–Crippen LogP) is 0.170. The lowest BCUT2D eigenvalue weighted by atomic mass is 10.3. The van der Waals surface area contributed by atoms with Gasteiger partial charge < -0.3 is 4.98 Å². The molecule has 1 N–H and O–H groups in total. The van der Waals surface area contributed by atoms with Crippen LogP contribution in [0.5, 0.6) is 0 Å². The molecule has 0 amide bonds. The van der Waals surface area contributed by atoms with Crippen LogP contribution in [0.1, 0.15) is 0 Å². The Hall–Kier alpha value is -1.91. The average molecular weight is 176 g/mol. The molecule has 2 rings (SSSR count). The third kappa shape index (κ3) is 1.48. The molecule has 0 spiro atoms. The minimum atomic E-state index is -0.207. The first-order valence-corrected chi connectivity index (χ1v) is 3.79. The maximum absolute atomic E-state index is 10.9.